The van der Waals surface area contributed by atoms with Crippen LogP contribution in [0.5, 0.6) is 0 Å². The van der Waals surface area contributed by atoms with Crippen molar-refractivity contribution in [2.24, 2.45) is 17.1 Å². The van der Waals surface area contributed by atoms with E-state index in [1.54, 1.807) is 0 Å². The van der Waals surface area contributed by atoms with Gasteiger partial charge in [0.25, 0.3) is 0 Å². The lowest BCUT2D eigenvalue weighted by Crippen LogP contribution is -2.29. The van der Waals surface area contributed by atoms with Crippen LogP contribution < -0.4 is 5.73 Å². The maximum absolute atomic E-state index is 12.4. The zero-order valence-electron chi connectivity index (χ0n) is 11.0. The smallest absolute Gasteiger partial charge is 0.330 e. The molecular weight excluding hydrogens is 239 g/mol. The van der Waals surface area contributed by atoms with E-state index in [-0.39, 0.29) is 11.3 Å². The number of hydrogen-bond donors (Lipinski definition) is 1. The van der Waals surface area contributed by atoms with Gasteiger partial charge in [0, 0.05) is 0 Å². The van der Waals surface area contributed by atoms with Gasteiger partial charge in [-0.05, 0) is 42.0 Å². The van der Waals surface area contributed by atoms with Crippen molar-refractivity contribution >= 4 is 0 Å². The summed E-state index contributed by atoms with van der Waals surface area (Å²) in [6.07, 6.45) is -3.56. The molecule has 1 unspecified atom stereocenters. The SMILES string of the molecule is CC(C)(C)C(CN)Cc1ccc(C(F)(F)F)cc1. The Bertz CT molecular complexity index is 374. The van der Waals surface area contributed by atoms with Gasteiger partial charge in [-0.15, -0.1) is 0 Å². The van der Waals surface area contributed by atoms with Crippen LogP contribution in [-0.2, 0) is 12.6 Å². The molecule has 0 bridgehead atoms. The Morgan fingerprint density at radius 2 is 1.56 bits per heavy atom. The molecule has 0 radical (unpaired) electrons. The molecule has 2 N–H and O–H groups in total. The van der Waals surface area contributed by atoms with Crippen LogP contribution in [0.2, 0.25) is 0 Å². The Balaban J connectivity index is 2.81. The minimum Gasteiger partial charge on any atom is -0.330 e. The lowest BCUT2D eigenvalue weighted by atomic mass is 9.77. The van der Waals surface area contributed by atoms with Gasteiger partial charge < -0.3 is 5.73 Å². The number of alkyl halides is 3. The summed E-state index contributed by atoms with van der Waals surface area (Å²) in [5.41, 5.74) is 6.07. The normalized spacial score (nSPS) is 14.6. The fourth-order valence-electron chi connectivity index (χ4n) is 1.86. The highest BCUT2D eigenvalue weighted by atomic mass is 19.4. The summed E-state index contributed by atoms with van der Waals surface area (Å²) >= 11 is 0. The number of nitrogens with two attached hydrogens (primary N) is 1. The lowest BCUT2D eigenvalue weighted by Gasteiger charge is -2.29. The van der Waals surface area contributed by atoms with Crippen molar-refractivity contribution < 1.29 is 13.2 Å². The summed E-state index contributed by atoms with van der Waals surface area (Å²) in [5.74, 6) is 0.259. The minimum absolute atomic E-state index is 0.0530. The summed E-state index contributed by atoms with van der Waals surface area (Å²) in [7, 11) is 0. The number of hydrogen-bond acceptors (Lipinski definition) is 1. The number of rotatable bonds is 3. The Morgan fingerprint density at radius 1 is 1.06 bits per heavy atom. The molecule has 0 amide bonds. The van der Waals surface area contributed by atoms with Crippen LogP contribution in [0.3, 0.4) is 0 Å². The van der Waals surface area contributed by atoms with Crippen molar-refractivity contribution in [3.63, 3.8) is 0 Å². The molecule has 1 aromatic rings. The Labute approximate surface area is 106 Å². The van der Waals surface area contributed by atoms with Gasteiger partial charge in [-0.3, -0.25) is 0 Å². The third kappa shape index (κ3) is 4.02. The maximum Gasteiger partial charge on any atom is 0.416 e. The second-order valence-corrected chi connectivity index (χ2v) is 5.70. The summed E-state index contributed by atoms with van der Waals surface area (Å²) < 4.78 is 37.3. The van der Waals surface area contributed by atoms with Gasteiger partial charge in [0.2, 0.25) is 0 Å². The highest BCUT2D eigenvalue weighted by molar-refractivity contribution is 5.25. The van der Waals surface area contributed by atoms with E-state index < -0.39 is 11.7 Å². The molecule has 1 aromatic carbocycles. The summed E-state index contributed by atoms with van der Waals surface area (Å²) in [5, 5.41) is 0. The van der Waals surface area contributed by atoms with E-state index in [1.165, 1.54) is 12.1 Å². The van der Waals surface area contributed by atoms with Crippen LogP contribution in [0.25, 0.3) is 0 Å². The van der Waals surface area contributed by atoms with E-state index in [0.717, 1.165) is 17.7 Å². The van der Waals surface area contributed by atoms with Gasteiger partial charge in [-0.25, -0.2) is 0 Å². The summed E-state index contributed by atoms with van der Waals surface area (Å²) in [4.78, 5) is 0. The van der Waals surface area contributed by atoms with Crippen molar-refractivity contribution in [1.82, 2.24) is 0 Å². The molecule has 0 aromatic heterocycles. The summed E-state index contributed by atoms with van der Waals surface area (Å²) in [6.45, 7) is 6.81. The van der Waals surface area contributed by atoms with E-state index in [9.17, 15) is 13.2 Å². The van der Waals surface area contributed by atoms with Crippen LogP contribution in [-0.4, -0.2) is 6.54 Å². The molecule has 0 saturated carbocycles. The number of halogens is 3. The van der Waals surface area contributed by atoms with E-state index in [4.69, 9.17) is 5.73 Å². The van der Waals surface area contributed by atoms with Crippen LogP contribution in [0.15, 0.2) is 24.3 Å². The standard InChI is InChI=1S/C14H20F3N/c1-13(2,3)12(9-18)8-10-4-6-11(7-5-10)14(15,16)17/h4-7,12H,8-9,18H2,1-3H3. The summed E-state index contributed by atoms with van der Waals surface area (Å²) in [6, 6.07) is 5.34. The predicted octanol–water partition coefficient (Wildman–Crippen LogP) is 3.87. The van der Waals surface area contributed by atoms with Crippen molar-refractivity contribution in [3.8, 4) is 0 Å². The second kappa shape index (κ2) is 5.31. The molecule has 0 fully saturated rings. The molecule has 1 atom stereocenters. The average Bonchev–Trinajstić information content (AvgIpc) is 2.23. The van der Waals surface area contributed by atoms with Gasteiger partial charge in [0.05, 0.1) is 5.56 Å². The van der Waals surface area contributed by atoms with Crippen LogP contribution in [0.4, 0.5) is 13.2 Å². The third-order valence-electron chi connectivity index (χ3n) is 3.27. The topological polar surface area (TPSA) is 26.0 Å². The number of benzene rings is 1. The molecule has 4 heteroatoms. The highest BCUT2D eigenvalue weighted by Gasteiger charge is 2.30. The van der Waals surface area contributed by atoms with Crippen molar-refractivity contribution in [1.29, 1.82) is 0 Å². The fraction of sp³-hybridized carbons (Fsp3) is 0.571. The second-order valence-electron chi connectivity index (χ2n) is 5.70. The molecular formula is C14H20F3N. The first kappa shape index (κ1) is 15.0. The van der Waals surface area contributed by atoms with Gasteiger partial charge >= 0.3 is 6.18 Å². The van der Waals surface area contributed by atoms with E-state index >= 15 is 0 Å². The van der Waals surface area contributed by atoms with E-state index in [0.29, 0.717) is 13.0 Å². The molecule has 0 aliphatic carbocycles. The third-order valence-corrected chi connectivity index (χ3v) is 3.27. The Kier molecular flexibility index (Phi) is 4.43. The molecule has 0 saturated heterocycles. The van der Waals surface area contributed by atoms with Gasteiger partial charge in [-0.2, -0.15) is 13.2 Å². The first-order valence-electron chi connectivity index (χ1n) is 6.01. The molecule has 0 heterocycles. The first-order chi connectivity index (χ1) is 8.14. The Hall–Kier alpha value is -1.03. The van der Waals surface area contributed by atoms with Crippen molar-refractivity contribution in [3.05, 3.63) is 35.4 Å². The van der Waals surface area contributed by atoms with Crippen molar-refractivity contribution in [2.75, 3.05) is 6.54 Å². The predicted molar refractivity (Wildman–Crippen MR) is 67.1 cm³/mol. The van der Waals surface area contributed by atoms with Crippen LogP contribution in [0.1, 0.15) is 31.9 Å². The molecule has 0 aliphatic heterocycles. The minimum atomic E-state index is -4.27. The van der Waals surface area contributed by atoms with Gasteiger partial charge in [0.1, 0.15) is 0 Å². The highest BCUT2D eigenvalue weighted by Crippen LogP contribution is 2.31. The average molecular weight is 259 g/mol. The van der Waals surface area contributed by atoms with Crippen LogP contribution in [0, 0.1) is 11.3 Å². The zero-order valence-corrected chi connectivity index (χ0v) is 11.0. The van der Waals surface area contributed by atoms with E-state index in [2.05, 4.69) is 20.8 Å². The lowest BCUT2D eigenvalue weighted by molar-refractivity contribution is -0.137. The maximum atomic E-state index is 12.4. The zero-order chi connectivity index (χ0) is 14.0. The quantitative estimate of drug-likeness (QED) is 0.876. The molecule has 0 spiro atoms. The molecule has 1 rings (SSSR count). The Morgan fingerprint density at radius 3 is 1.89 bits per heavy atom. The van der Waals surface area contributed by atoms with Gasteiger partial charge in [0.15, 0.2) is 0 Å². The molecule has 0 aliphatic rings. The molecule has 1 nitrogen and oxygen atoms in total. The van der Waals surface area contributed by atoms with Gasteiger partial charge in [-0.1, -0.05) is 32.9 Å². The van der Waals surface area contributed by atoms with Crippen LogP contribution >= 0.6 is 0 Å². The molecule has 18 heavy (non-hydrogen) atoms. The van der Waals surface area contributed by atoms with E-state index in [1.807, 2.05) is 0 Å². The largest absolute Gasteiger partial charge is 0.416 e. The monoisotopic (exact) mass is 259 g/mol. The van der Waals surface area contributed by atoms with Crippen molar-refractivity contribution in [2.45, 2.75) is 33.4 Å². The molecule has 102 valence electrons. The first-order valence-corrected chi connectivity index (χ1v) is 6.01. The fourth-order valence-corrected chi connectivity index (χ4v) is 1.86.